The second kappa shape index (κ2) is 10.1. The van der Waals surface area contributed by atoms with Gasteiger partial charge in [0.25, 0.3) is 5.91 Å². The van der Waals surface area contributed by atoms with Crippen molar-refractivity contribution >= 4 is 34.2 Å². The smallest absolute Gasteiger partial charge is 0.260 e. The van der Waals surface area contributed by atoms with E-state index in [2.05, 4.69) is 20.9 Å². The summed E-state index contributed by atoms with van der Waals surface area (Å²) in [5.41, 5.74) is 0.201. The SMILES string of the molecule is CNC(=O)C(NC(=O)Cc1csc(NC(=O)c2ccccc2F)n1)c1ccc(F)c(F)c1. The third kappa shape index (κ3) is 5.49. The van der Waals surface area contributed by atoms with E-state index in [0.717, 1.165) is 29.5 Å². The number of nitrogens with one attached hydrogen (secondary N) is 3. The lowest BCUT2D eigenvalue weighted by Gasteiger charge is -2.17. The van der Waals surface area contributed by atoms with Crippen LogP contribution in [0.25, 0.3) is 0 Å². The molecule has 3 N–H and O–H groups in total. The molecule has 0 aliphatic carbocycles. The van der Waals surface area contributed by atoms with Gasteiger partial charge in [-0.3, -0.25) is 19.7 Å². The lowest BCUT2D eigenvalue weighted by atomic mass is 10.1. The van der Waals surface area contributed by atoms with E-state index < -0.39 is 41.2 Å². The molecule has 0 aliphatic heterocycles. The van der Waals surface area contributed by atoms with Crippen molar-refractivity contribution in [2.75, 3.05) is 12.4 Å². The molecule has 1 heterocycles. The maximum atomic E-state index is 13.7. The molecule has 0 spiro atoms. The topological polar surface area (TPSA) is 100 Å². The molecule has 32 heavy (non-hydrogen) atoms. The van der Waals surface area contributed by atoms with Gasteiger partial charge >= 0.3 is 0 Å². The van der Waals surface area contributed by atoms with E-state index in [1.165, 1.54) is 36.7 Å². The molecule has 166 valence electrons. The third-order valence-electron chi connectivity index (χ3n) is 4.32. The quantitative estimate of drug-likeness (QED) is 0.503. The number of benzene rings is 2. The summed E-state index contributed by atoms with van der Waals surface area (Å²) in [5, 5.41) is 8.93. The van der Waals surface area contributed by atoms with E-state index in [9.17, 15) is 27.6 Å². The minimum Gasteiger partial charge on any atom is -0.357 e. The van der Waals surface area contributed by atoms with Crippen molar-refractivity contribution in [3.05, 3.63) is 82.1 Å². The van der Waals surface area contributed by atoms with Gasteiger partial charge in [0.2, 0.25) is 11.8 Å². The van der Waals surface area contributed by atoms with Gasteiger partial charge < -0.3 is 10.6 Å². The molecule has 3 rings (SSSR count). The fourth-order valence-corrected chi connectivity index (χ4v) is 3.47. The summed E-state index contributed by atoms with van der Waals surface area (Å²) in [4.78, 5) is 40.9. The van der Waals surface area contributed by atoms with Crippen LogP contribution in [0.1, 0.15) is 27.7 Å². The number of nitrogens with zero attached hydrogens (tertiary/aromatic N) is 1. The van der Waals surface area contributed by atoms with Crippen molar-refractivity contribution in [3.63, 3.8) is 0 Å². The van der Waals surface area contributed by atoms with Crippen LogP contribution < -0.4 is 16.0 Å². The zero-order valence-electron chi connectivity index (χ0n) is 16.6. The molecule has 0 saturated carbocycles. The number of likely N-dealkylation sites (N-methyl/N-ethyl adjacent to an activating group) is 1. The fourth-order valence-electron chi connectivity index (χ4n) is 2.77. The number of carbonyl (C=O) groups is 3. The standard InChI is InChI=1S/C21H17F3N4O3S/c1-25-20(31)18(11-6-7-15(23)16(24)8-11)27-17(29)9-12-10-32-21(26-12)28-19(30)13-4-2-3-5-14(13)22/h2-8,10,18H,9H2,1H3,(H,25,31)(H,27,29)(H,26,28,30). The summed E-state index contributed by atoms with van der Waals surface area (Å²) in [6, 6.07) is 7.09. The number of thiazole rings is 1. The highest BCUT2D eigenvalue weighted by Gasteiger charge is 2.23. The minimum atomic E-state index is -1.25. The number of rotatable bonds is 7. The first-order chi connectivity index (χ1) is 15.3. The third-order valence-corrected chi connectivity index (χ3v) is 5.13. The first-order valence-corrected chi connectivity index (χ1v) is 10.1. The Kier molecular flexibility index (Phi) is 7.21. The Morgan fingerprint density at radius 3 is 2.47 bits per heavy atom. The average Bonchev–Trinajstić information content (AvgIpc) is 3.20. The van der Waals surface area contributed by atoms with E-state index >= 15 is 0 Å². The molecule has 1 atom stereocenters. The van der Waals surface area contributed by atoms with Crippen molar-refractivity contribution in [3.8, 4) is 0 Å². The summed E-state index contributed by atoms with van der Waals surface area (Å²) in [7, 11) is 1.34. The molecule has 3 aromatic rings. The van der Waals surface area contributed by atoms with E-state index in [4.69, 9.17) is 0 Å². The molecule has 0 saturated heterocycles. The Hall–Kier alpha value is -3.73. The Labute approximate surface area is 184 Å². The lowest BCUT2D eigenvalue weighted by molar-refractivity contribution is -0.128. The summed E-state index contributed by atoms with van der Waals surface area (Å²) < 4.78 is 40.5. The Morgan fingerprint density at radius 1 is 1.03 bits per heavy atom. The van der Waals surface area contributed by atoms with Crippen LogP contribution >= 0.6 is 11.3 Å². The van der Waals surface area contributed by atoms with Crippen LogP contribution in [0, 0.1) is 17.5 Å². The van der Waals surface area contributed by atoms with Crippen molar-refractivity contribution in [2.45, 2.75) is 12.5 Å². The van der Waals surface area contributed by atoms with E-state index in [1.54, 1.807) is 0 Å². The zero-order valence-corrected chi connectivity index (χ0v) is 17.4. The molecule has 0 bridgehead atoms. The minimum absolute atomic E-state index is 0.0627. The first-order valence-electron chi connectivity index (χ1n) is 9.24. The number of halogens is 3. The molecular weight excluding hydrogens is 445 g/mol. The van der Waals surface area contributed by atoms with Gasteiger partial charge in [0.05, 0.1) is 17.7 Å². The molecule has 0 aliphatic rings. The second-order valence-corrected chi connectivity index (χ2v) is 7.40. The highest BCUT2D eigenvalue weighted by Crippen LogP contribution is 2.20. The van der Waals surface area contributed by atoms with Crippen LogP contribution in [0.2, 0.25) is 0 Å². The summed E-state index contributed by atoms with van der Waals surface area (Å²) in [5.74, 6) is -4.84. The molecule has 11 heteroatoms. The van der Waals surface area contributed by atoms with E-state index in [-0.39, 0.29) is 28.4 Å². The largest absolute Gasteiger partial charge is 0.357 e. The van der Waals surface area contributed by atoms with Gasteiger partial charge in [0, 0.05) is 12.4 Å². The first kappa shape index (κ1) is 22.9. The number of amides is 3. The van der Waals surface area contributed by atoms with Crippen molar-refractivity contribution in [1.82, 2.24) is 15.6 Å². The van der Waals surface area contributed by atoms with Crippen LogP contribution in [0.3, 0.4) is 0 Å². The summed E-state index contributed by atoms with van der Waals surface area (Å²) >= 11 is 1.03. The summed E-state index contributed by atoms with van der Waals surface area (Å²) in [6.45, 7) is 0. The van der Waals surface area contributed by atoms with Crippen LogP contribution in [0.15, 0.2) is 47.8 Å². The molecule has 1 aromatic heterocycles. The normalized spacial score (nSPS) is 11.5. The van der Waals surface area contributed by atoms with Crippen molar-refractivity contribution < 1.29 is 27.6 Å². The number of carbonyl (C=O) groups excluding carboxylic acids is 3. The van der Waals surface area contributed by atoms with Crippen LogP contribution in [-0.2, 0) is 16.0 Å². The highest BCUT2D eigenvalue weighted by atomic mass is 32.1. The molecule has 0 radical (unpaired) electrons. The number of hydrogen-bond donors (Lipinski definition) is 3. The number of anilines is 1. The Bertz CT molecular complexity index is 1170. The monoisotopic (exact) mass is 462 g/mol. The van der Waals surface area contributed by atoms with Crippen molar-refractivity contribution in [1.29, 1.82) is 0 Å². The highest BCUT2D eigenvalue weighted by molar-refractivity contribution is 7.14. The van der Waals surface area contributed by atoms with Crippen LogP contribution in [-0.4, -0.2) is 29.8 Å². The molecule has 1 unspecified atom stereocenters. The van der Waals surface area contributed by atoms with Gasteiger partial charge in [-0.1, -0.05) is 18.2 Å². The van der Waals surface area contributed by atoms with Gasteiger partial charge in [-0.05, 0) is 29.8 Å². The fraction of sp³-hybridized carbons (Fsp3) is 0.143. The predicted molar refractivity (Wildman–Crippen MR) is 111 cm³/mol. The van der Waals surface area contributed by atoms with E-state index in [0.29, 0.717) is 0 Å². The van der Waals surface area contributed by atoms with Gasteiger partial charge in [0.15, 0.2) is 16.8 Å². The maximum Gasteiger partial charge on any atom is 0.260 e. The molecule has 0 fully saturated rings. The Balaban J connectivity index is 1.66. The number of hydrogen-bond acceptors (Lipinski definition) is 5. The van der Waals surface area contributed by atoms with Gasteiger partial charge in [-0.25, -0.2) is 18.2 Å². The summed E-state index contributed by atoms with van der Waals surface area (Å²) in [6.07, 6.45) is -0.247. The number of aromatic nitrogens is 1. The Morgan fingerprint density at radius 2 is 1.78 bits per heavy atom. The predicted octanol–water partition coefficient (Wildman–Crippen LogP) is 2.96. The second-order valence-electron chi connectivity index (χ2n) is 6.54. The average molecular weight is 462 g/mol. The van der Waals surface area contributed by atoms with Crippen LogP contribution in [0.5, 0.6) is 0 Å². The van der Waals surface area contributed by atoms with E-state index in [1.807, 2.05) is 0 Å². The van der Waals surface area contributed by atoms with Crippen LogP contribution in [0.4, 0.5) is 18.3 Å². The van der Waals surface area contributed by atoms with Crippen molar-refractivity contribution in [2.24, 2.45) is 0 Å². The van der Waals surface area contributed by atoms with Gasteiger partial charge in [-0.15, -0.1) is 11.3 Å². The zero-order chi connectivity index (χ0) is 23.3. The van der Waals surface area contributed by atoms with Gasteiger partial charge in [-0.2, -0.15) is 0 Å². The lowest BCUT2D eigenvalue weighted by Crippen LogP contribution is -2.39. The molecule has 7 nitrogen and oxygen atoms in total. The molecular formula is C21H17F3N4O3S. The molecule has 2 aromatic carbocycles. The van der Waals surface area contributed by atoms with Gasteiger partial charge in [0.1, 0.15) is 11.9 Å². The maximum absolute atomic E-state index is 13.7. The molecule has 3 amide bonds.